The van der Waals surface area contributed by atoms with Gasteiger partial charge in [0.1, 0.15) is 12.4 Å². The fraction of sp³-hybridized carbons (Fsp3) is 0.130. The Balaban J connectivity index is 1.55. The van der Waals surface area contributed by atoms with Crippen molar-refractivity contribution in [1.29, 1.82) is 0 Å². The lowest BCUT2D eigenvalue weighted by atomic mass is 10.1. The summed E-state index contributed by atoms with van der Waals surface area (Å²) in [6.07, 6.45) is 1.78. The van der Waals surface area contributed by atoms with Crippen LogP contribution in [-0.4, -0.2) is 19.8 Å². The van der Waals surface area contributed by atoms with Gasteiger partial charge < -0.3 is 4.74 Å². The van der Waals surface area contributed by atoms with Gasteiger partial charge in [0, 0.05) is 29.1 Å². The Labute approximate surface area is 194 Å². The minimum atomic E-state index is -0.438. The Hall–Kier alpha value is -3.43. The van der Waals surface area contributed by atoms with Crippen molar-refractivity contribution in [3.8, 4) is 5.75 Å². The summed E-state index contributed by atoms with van der Waals surface area (Å²) in [6.45, 7) is 4.10. The van der Waals surface area contributed by atoms with E-state index >= 15 is 0 Å². The van der Waals surface area contributed by atoms with Crippen LogP contribution >= 0.6 is 24.0 Å². The van der Waals surface area contributed by atoms with E-state index in [2.05, 4.69) is 0 Å². The fourth-order valence-electron chi connectivity index (χ4n) is 3.36. The number of para-hydroxylation sites is 1. The van der Waals surface area contributed by atoms with Crippen molar-refractivity contribution in [2.24, 2.45) is 0 Å². The van der Waals surface area contributed by atoms with Gasteiger partial charge in [-0.25, -0.2) is 0 Å². The molecule has 32 heavy (non-hydrogen) atoms. The summed E-state index contributed by atoms with van der Waals surface area (Å²) in [7, 11) is 0. The predicted molar refractivity (Wildman–Crippen MR) is 129 cm³/mol. The first-order chi connectivity index (χ1) is 15.3. The van der Waals surface area contributed by atoms with Crippen LogP contribution in [0.3, 0.4) is 0 Å². The maximum atomic E-state index is 13.1. The van der Waals surface area contributed by atoms with Gasteiger partial charge >= 0.3 is 0 Å². The molecule has 0 N–H and O–H groups in total. The zero-order chi connectivity index (χ0) is 22.8. The second kappa shape index (κ2) is 8.97. The SMILES string of the molecule is Cc1ccc(C)n1N1C(=O)/C(=C/c2ccccc2OCc2ccc([N+](=O)[O-])cc2)SC1=S. The molecule has 1 aromatic heterocycles. The number of thiocarbonyl (C=S) groups is 1. The molecule has 0 bridgehead atoms. The van der Waals surface area contributed by atoms with E-state index in [0.29, 0.717) is 15.0 Å². The van der Waals surface area contributed by atoms with Crippen LogP contribution in [0.5, 0.6) is 5.75 Å². The quantitative estimate of drug-likeness (QED) is 0.217. The van der Waals surface area contributed by atoms with Gasteiger partial charge in [-0.15, -0.1) is 0 Å². The van der Waals surface area contributed by atoms with Crippen LogP contribution in [0.1, 0.15) is 22.5 Å². The molecule has 2 aromatic carbocycles. The maximum Gasteiger partial charge on any atom is 0.285 e. The standard InChI is InChI=1S/C23H19N3O4S2/c1-15-7-8-16(2)24(15)25-22(27)21(32-23(25)31)13-18-5-3-4-6-20(18)30-14-17-9-11-19(12-10-17)26(28)29/h3-13H,14H2,1-2H3/b21-13-. The summed E-state index contributed by atoms with van der Waals surface area (Å²) in [5, 5.41) is 12.3. The first-order valence-corrected chi connectivity index (χ1v) is 11.0. The molecule has 1 saturated heterocycles. The number of aryl methyl sites for hydroxylation is 2. The number of nitro benzene ring substituents is 1. The average molecular weight is 466 g/mol. The lowest BCUT2D eigenvalue weighted by Crippen LogP contribution is -2.39. The van der Waals surface area contributed by atoms with E-state index in [4.69, 9.17) is 17.0 Å². The smallest absolute Gasteiger partial charge is 0.285 e. The van der Waals surface area contributed by atoms with Crippen molar-refractivity contribution in [2.45, 2.75) is 20.5 Å². The van der Waals surface area contributed by atoms with Crippen LogP contribution in [0.15, 0.2) is 65.6 Å². The molecule has 0 aliphatic carbocycles. The second-order valence-electron chi connectivity index (χ2n) is 7.17. The van der Waals surface area contributed by atoms with E-state index in [1.807, 2.05) is 54.9 Å². The number of aromatic nitrogens is 1. The van der Waals surface area contributed by atoms with E-state index in [-0.39, 0.29) is 18.2 Å². The number of rotatable bonds is 6. The molecule has 1 aliphatic heterocycles. The molecule has 0 spiro atoms. The Bertz CT molecular complexity index is 1230. The molecule has 7 nitrogen and oxygen atoms in total. The number of non-ortho nitro benzene ring substituents is 1. The second-order valence-corrected chi connectivity index (χ2v) is 8.85. The topological polar surface area (TPSA) is 77.6 Å². The number of benzene rings is 2. The highest BCUT2D eigenvalue weighted by Gasteiger charge is 2.34. The highest BCUT2D eigenvalue weighted by Crippen LogP contribution is 2.34. The largest absolute Gasteiger partial charge is 0.488 e. The molecule has 1 aliphatic rings. The third-order valence-electron chi connectivity index (χ3n) is 4.95. The van der Waals surface area contributed by atoms with E-state index in [0.717, 1.165) is 22.5 Å². The number of ether oxygens (including phenoxy) is 1. The summed E-state index contributed by atoms with van der Waals surface area (Å²) in [4.78, 5) is 24.0. The first-order valence-electron chi connectivity index (χ1n) is 9.73. The monoisotopic (exact) mass is 465 g/mol. The molecule has 1 fully saturated rings. The third-order valence-corrected chi connectivity index (χ3v) is 6.24. The Kier molecular flexibility index (Phi) is 6.11. The van der Waals surface area contributed by atoms with Gasteiger partial charge in [0.15, 0.2) is 4.32 Å². The number of nitro groups is 1. The Morgan fingerprint density at radius 1 is 1.06 bits per heavy atom. The van der Waals surface area contributed by atoms with Crippen molar-refractivity contribution in [1.82, 2.24) is 4.68 Å². The number of thioether (sulfide) groups is 1. The van der Waals surface area contributed by atoms with Crippen molar-refractivity contribution in [3.63, 3.8) is 0 Å². The number of hydrogen-bond acceptors (Lipinski definition) is 6. The van der Waals surface area contributed by atoms with E-state index in [9.17, 15) is 14.9 Å². The molecule has 162 valence electrons. The molecule has 4 rings (SSSR count). The van der Waals surface area contributed by atoms with Crippen LogP contribution in [0, 0.1) is 24.0 Å². The van der Waals surface area contributed by atoms with E-state index < -0.39 is 4.92 Å². The molecule has 3 aromatic rings. The number of carbonyl (C=O) groups excluding carboxylic acids is 1. The number of amides is 1. The molecular weight excluding hydrogens is 446 g/mol. The highest BCUT2D eigenvalue weighted by molar-refractivity contribution is 8.27. The fourth-order valence-corrected chi connectivity index (χ4v) is 4.59. The molecule has 1 amide bonds. The van der Waals surface area contributed by atoms with E-state index in [1.54, 1.807) is 18.2 Å². The molecule has 0 saturated carbocycles. The predicted octanol–water partition coefficient (Wildman–Crippen LogP) is 5.13. The van der Waals surface area contributed by atoms with Crippen molar-refractivity contribution in [2.75, 3.05) is 5.01 Å². The van der Waals surface area contributed by atoms with Gasteiger partial charge in [-0.2, -0.15) is 5.01 Å². The molecule has 0 radical (unpaired) electrons. The van der Waals surface area contributed by atoms with Crippen LogP contribution < -0.4 is 9.75 Å². The minimum absolute atomic E-state index is 0.0318. The molecule has 9 heteroatoms. The maximum absolute atomic E-state index is 13.1. The molecule has 0 atom stereocenters. The summed E-state index contributed by atoms with van der Waals surface area (Å²) in [5.41, 5.74) is 3.43. The third kappa shape index (κ3) is 4.30. The van der Waals surface area contributed by atoms with Crippen molar-refractivity contribution < 1.29 is 14.5 Å². The molecule has 0 unspecified atom stereocenters. The van der Waals surface area contributed by atoms with Crippen LogP contribution in [0.4, 0.5) is 5.69 Å². The van der Waals surface area contributed by atoms with Crippen molar-refractivity contribution in [3.05, 3.63) is 98.2 Å². The summed E-state index contributed by atoms with van der Waals surface area (Å²) < 4.78 is 8.23. The van der Waals surface area contributed by atoms with Gasteiger partial charge in [0.25, 0.3) is 11.6 Å². The van der Waals surface area contributed by atoms with Gasteiger partial charge in [-0.3, -0.25) is 19.6 Å². The van der Waals surface area contributed by atoms with Gasteiger partial charge in [-0.1, -0.05) is 30.0 Å². The average Bonchev–Trinajstić information content (AvgIpc) is 3.24. The number of nitrogens with zero attached hydrogens (tertiary/aromatic N) is 3. The molecule has 2 heterocycles. The number of hydrogen-bond donors (Lipinski definition) is 0. The van der Waals surface area contributed by atoms with Gasteiger partial charge in [0.2, 0.25) is 0 Å². The normalized spacial score (nSPS) is 14.9. The number of carbonyl (C=O) groups is 1. The summed E-state index contributed by atoms with van der Waals surface area (Å²) in [6, 6.07) is 17.5. The Morgan fingerprint density at radius 3 is 2.38 bits per heavy atom. The van der Waals surface area contributed by atoms with Crippen LogP contribution in [-0.2, 0) is 11.4 Å². The first kappa shape index (κ1) is 21.8. The van der Waals surface area contributed by atoms with Crippen LogP contribution in [0.2, 0.25) is 0 Å². The Morgan fingerprint density at radius 2 is 1.72 bits per heavy atom. The van der Waals surface area contributed by atoms with Crippen molar-refractivity contribution >= 4 is 46.0 Å². The summed E-state index contributed by atoms with van der Waals surface area (Å²) in [5.74, 6) is 0.414. The minimum Gasteiger partial charge on any atom is -0.488 e. The van der Waals surface area contributed by atoms with Crippen LogP contribution in [0.25, 0.3) is 6.08 Å². The lowest BCUT2D eigenvalue weighted by molar-refractivity contribution is -0.384. The summed E-state index contributed by atoms with van der Waals surface area (Å²) >= 11 is 6.73. The zero-order valence-electron chi connectivity index (χ0n) is 17.3. The van der Waals surface area contributed by atoms with E-state index in [1.165, 1.54) is 28.9 Å². The van der Waals surface area contributed by atoms with Gasteiger partial charge in [0.05, 0.1) is 9.83 Å². The zero-order valence-corrected chi connectivity index (χ0v) is 19.0. The molecular formula is C23H19N3O4S2. The van der Waals surface area contributed by atoms with Gasteiger partial charge in [-0.05, 0) is 68.0 Å². The highest BCUT2D eigenvalue weighted by atomic mass is 32.2. The lowest BCUT2D eigenvalue weighted by Gasteiger charge is -2.20.